The first-order chi connectivity index (χ1) is 8.99. The third-order valence-corrected chi connectivity index (χ3v) is 3.24. The Bertz CT molecular complexity index is 601. The molecule has 0 atom stereocenters. The number of hydrogen-bond acceptors (Lipinski definition) is 3. The van der Waals surface area contributed by atoms with Crippen LogP contribution in [0.15, 0.2) is 36.5 Å². The summed E-state index contributed by atoms with van der Waals surface area (Å²) in [6.45, 7) is 4.05. The lowest BCUT2D eigenvalue weighted by atomic mass is 10.0. The quantitative estimate of drug-likeness (QED) is 0.789. The lowest BCUT2D eigenvalue weighted by molar-refractivity contribution is 0.103. The van der Waals surface area contributed by atoms with E-state index in [-0.39, 0.29) is 5.78 Å². The van der Waals surface area contributed by atoms with Gasteiger partial charge in [-0.1, -0.05) is 12.1 Å². The van der Waals surface area contributed by atoms with Crippen LogP contribution >= 0.6 is 0 Å². The van der Waals surface area contributed by atoms with Crippen molar-refractivity contribution in [3.8, 4) is 0 Å². The third-order valence-electron chi connectivity index (χ3n) is 3.24. The number of benzene rings is 1. The summed E-state index contributed by atoms with van der Waals surface area (Å²) in [6.07, 6.45) is 1.63. The minimum Gasteiger partial charge on any atom is -0.363 e. The molecular weight excluding hydrogens is 236 g/mol. The van der Waals surface area contributed by atoms with Crippen LogP contribution in [0, 0.1) is 13.8 Å². The molecule has 0 aliphatic heterocycles. The van der Waals surface area contributed by atoms with Crippen LogP contribution in [0.3, 0.4) is 0 Å². The minimum absolute atomic E-state index is 0.0147. The topological polar surface area (TPSA) is 33.2 Å². The standard InChI is InChI=1S/C16H18N2O/c1-11-5-6-13(9-12(11)2)16(19)14-7-8-15(17-10-14)18(3)4/h5-10H,1-4H3. The normalized spacial score (nSPS) is 10.3. The summed E-state index contributed by atoms with van der Waals surface area (Å²) in [5.41, 5.74) is 3.65. The van der Waals surface area contributed by atoms with Crippen LogP contribution in [0.5, 0.6) is 0 Å². The molecular formula is C16H18N2O. The molecule has 0 radical (unpaired) electrons. The zero-order valence-electron chi connectivity index (χ0n) is 11.8. The number of anilines is 1. The first-order valence-corrected chi connectivity index (χ1v) is 6.24. The number of pyridine rings is 1. The fourth-order valence-electron chi connectivity index (χ4n) is 1.83. The second-order valence-corrected chi connectivity index (χ2v) is 4.93. The summed E-state index contributed by atoms with van der Waals surface area (Å²) in [4.78, 5) is 18.5. The van der Waals surface area contributed by atoms with Crippen LogP contribution in [0.4, 0.5) is 5.82 Å². The number of carbonyl (C=O) groups excluding carboxylic acids is 1. The monoisotopic (exact) mass is 254 g/mol. The first kappa shape index (κ1) is 13.3. The van der Waals surface area contributed by atoms with Crippen molar-refractivity contribution in [1.82, 2.24) is 4.98 Å². The predicted octanol–water partition coefficient (Wildman–Crippen LogP) is 3.00. The van der Waals surface area contributed by atoms with Gasteiger partial charge in [0.05, 0.1) is 0 Å². The van der Waals surface area contributed by atoms with Gasteiger partial charge in [-0.05, 0) is 43.2 Å². The van der Waals surface area contributed by atoms with E-state index in [1.165, 1.54) is 5.56 Å². The molecule has 0 fully saturated rings. The molecule has 0 spiro atoms. The van der Waals surface area contributed by atoms with Gasteiger partial charge in [0.15, 0.2) is 5.78 Å². The van der Waals surface area contributed by atoms with Gasteiger partial charge in [-0.2, -0.15) is 0 Å². The molecule has 1 heterocycles. The summed E-state index contributed by atoms with van der Waals surface area (Å²) in [5.74, 6) is 0.859. The fourth-order valence-corrected chi connectivity index (χ4v) is 1.83. The molecule has 98 valence electrons. The molecule has 3 heteroatoms. The van der Waals surface area contributed by atoms with Crippen molar-refractivity contribution in [3.05, 3.63) is 58.8 Å². The smallest absolute Gasteiger partial charge is 0.194 e. The Morgan fingerprint density at radius 2 is 1.68 bits per heavy atom. The van der Waals surface area contributed by atoms with Crippen molar-refractivity contribution in [2.24, 2.45) is 0 Å². The zero-order chi connectivity index (χ0) is 14.0. The maximum Gasteiger partial charge on any atom is 0.194 e. The van der Waals surface area contributed by atoms with E-state index in [1.54, 1.807) is 6.20 Å². The van der Waals surface area contributed by atoms with Crippen LogP contribution < -0.4 is 4.90 Å². The molecule has 0 unspecified atom stereocenters. The molecule has 0 saturated heterocycles. The summed E-state index contributed by atoms with van der Waals surface area (Å²) in [7, 11) is 3.85. The molecule has 0 bridgehead atoms. The number of aromatic nitrogens is 1. The second kappa shape index (κ2) is 5.22. The number of aryl methyl sites for hydroxylation is 2. The first-order valence-electron chi connectivity index (χ1n) is 6.24. The highest BCUT2D eigenvalue weighted by Gasteiger charge is 2.10. The average Bonchev–Trinajstić information content (AvgIpc) is 2.41. The molecule has 1 aromatic heterocycles. The Kier molecular flexibility index (Phi) is 3.65. The van der Waals surface area contributed by atoms with E-state index in [0.717, 1.165) is 11.4 Å². The molecule has 3 nitrogen and oxygen atoms in total. The Morgan fingerprint density at radius 3 is 2.21 bits per heavy atom. The molecule has 0 aliphatic carbocycles. The molecule has 19 heavy (non-hydrogen) atoms. The summed E-state index contributed by atoms with van der Waals surface area (Å²) < 4.78 is 0. The van der Waals surface area contributed by atoms with Crippen molar-refractivity contribution in [2.75, 3.05) is 19.0 Å². The molecule has 2 rings (SSSR count). The van der Waals surface area contributed by atoms with Gasteiger partial charge in [-0.15, -0.1) is 0 Å². The number of carbonyl (C=O) groups is 1. The zero-order valence-corrected chi connectivity index (χ0v) is 11.8. The van der Waals surface area contributed by atoms with Crippen LogP contribution in [0.1, 0.15) is 27.0 Å². The van der Waals surface area contributed by atoms with Crippen LogP contribution in [-0.2, 0) is 0 Å². The van der Waals surface area contributed by atoms with E-state index in [1.807, 2.05) is 63.2 Å². The Balaban J connectivity index is 2.30. The van der Waals surface area contributed by atoms with Gasteiger partial charge in [0.25, 0.3) is 0 Å². The Labute approximate surface area is 113 Å². The van der Waals surface area contributed by atoms with Gasteiger partial charge in [0, 0.05) is 31.4 Å². The van der Waals surface area contributed by atoms with Crippen LogP contribution in [0.25, 0.3) is 0 Å². The minimum atomic E-state index is 0.0147. The van der Waals surface area contributed by atoms with E-state index in [0.29, 0.717) is 11.1 Å². The van der Waals surface area contributed by atoms with E-state index in [4.69, 9.17) is 0 Å². The van der Waals surface area contributed by atoms with E-state index in [9.17, 15) is 4.79 Å². The molecule has 0 aliphatic rings. The summed E-state index contributed by atoms with van der Waals surface area (Å²) >= 11 is 0. The highest BCUT2D eigenvalue weighted by molar-refractivity contribution is 6.09. The molecule has 0 N–H and O–H groups in total. The molecule has 2 aromatic rings. The highest BCUT2D eigenvalue weighted by Crippen LogP contribution is 2.15. The van der Waals surface area contributed by atoms with Crippen LogP contribution in [-0.4, -0.2) is 24.9 Å². The van der Waals surface area contributed by atoms with E-state index >= 15 is 0 Å². The molecule has 1 aromatic carbocycles. The lowest BCUT2D eigenvalue weighted by Crippen LogP contribution is -2.11. The SMILES string of the molecule is Cc1ccc(C(=O)c2ccc(N(C)C)nc2)cc1C. The highest BCUT2D eigenvalue weighted by atomic mass is 16.1. The van der Waals surface area contributed by atoms with Gasteiger partial charge in [0.1, 0.15) is 5.82 Å². The summed E-state index contributed by atoms with van der Waals surface area (Å²) in [6, 6.07) is 9.44. The Hall–Kier alpha value is -2.16. The van der Waals surface area contributed by atoms with Gasteiger partial charge in [0.2, 0.25) is 0 Å². The predicted molar refractivity (Wildman–Crippen MR) is 77.9 cm³/mol. The molecule has 0 saturated carbocycles. The number of rotatable bonds is 3. The largest absolute Gasteiger partial charge is 0.363 e. The fraction of sp³-hybridized carbons (Fsp3) is 0.250. The average molecular weight is 254 g/mol. The number of hydrogen-bond donors (Lipinski definition) is 0. The van der Waals surface area contributed by atoms with Crippen molar-refractivity contribution in [2.45, 2.75) is 13.8 Å². The lowest BCUT2D eigenvalue weighted by Gasteiger charge is -2.11. The van der Waals surface area contributed by atoms with Gasteiger partial charge < -0.3 is 4.90 Å². The molecule has 0 amide bonds. The van der Waals surface area contributed by atoms with Crippen molar-refractivity contribution >= 4 is 11.6 Å². The Morgan fingerprint density at radius 1 is 1.00 bits per heavy atom. The van der Waals surface area contributed by atoms with E-state index < -0.39 is 0 Å². The van der Waals surface area contributed by atoms with Crippen LogP contribution in [0.2, 0.25) is 0 Å². The maximum absolute atomic E-state index is 12.3. The maximum atomic E-state index is 12.3. The number of ketones is 1. The van der Waals surface area contributed by atoms with Gasteiger partial charge in [-0.25, -0.2) is 4.98 Å². The summed E-state index contributed by atoms with van der Waals surface area (Å²) in [5, 5.41) is 0. The van der Waals surface area contributed by atoms with Crippen molar-refractivity contribution in [3.63, 3.8) is 0 Å². The second-order valence-electron chi connectivity index (χ2n) is 4.93. The van der Waals surface area contributed by atoms with Crippen molar-refractivity contribution < 1.29 is 4.79 Å². The van der Waals surface area contributed by atoms with Gasteiger partial charge in [-0.3, -0.25) is 4.79 Å². The van der Waals surface area contributed by atoms with Crippen molar-refractivity contribution in [1.29, 1.82) is 0 Å². The number of nitrogens with zero attached hydrogens (tertiary/aromatic N) is 2. The van der Waals surface area contributed by atoms with E-state index in [2.05, 4.69) is 4.98 Å². The third kappa shape index (κ3) is 2.81. The van der Waals surface area contributed by atoms with Gasteiger partial charge >= 0.3 is 0 Å².